The summed E-state index contributed by atoms with van der Waals surface area (Å²) < 4.78 is 0. The van der Waals surface area contributed by atoms with Gasteiger partial charge in [0.2, 0.25) is 0 Å². The standard InChI is InChI=1S/C12H23NO/c1-2-3-4-5-8-11-9-6-7-10-12(11)13-14/h11,14H,2-10H2,1H3/b13-12-. The van der Waals surface area contributed by atoms with Gasteiger partial charge in [-0.05, 0) is 25.7 Å². The molecule has 0 saturated heterocycles. The lowest BCUT2D eigenvalue weighted by molar-refractivity contribution is 0.307. The second kappa shape index (κ2) is 6.86. The fourth-order valence-electron chi connectivity index (χ4n) is 2.33. The van der Waals surface area contributed by atoms with Gasteiger partial charge in [-0.3, -0.25) is 0 Å². The first-order chi connectivity index (χ1) is 6.88. The number of unbranched alkanes of at least 4 members (excludes halogenated alkanes) is 3. The Balaban J connectivity index is 2.20. The smallest absolute Gasteiger partial charge is 0.0601 e. The van der Waals surface area contributed by atoms with Gasteiger partial charge in [-0.25, -0.2) is 0 Å². The normalized spacial score (nSPS) is 25.5. The van der Waals surface area contributed by atoms with Crippen LogP contribution in [0.2, 0.25) is 0 Å². The van der Waals surface area contributed by atoms with Crippen LogP contribution in [0.15, 0.2) is 5.16 Å². The van der Waals surface area contributed by atoms with Crippen LogP contribution in [0.5, 0.6) is 0 Å². The topological polar surface area (TPSA) is 32.6 Å². The molecule has 1 saturated carbocycles. The summed E-state index contributed by atoms with van der Waals surface area (Å²) in [6, 6.07) is 0. The lowest BCUT2D eigenvalue weighted by Gasteiger charge is -2.22. The van der Waals surface area contributed by atoms with Crippen LogP contribution in [0.25, 0.3) is 0 Å². The summed E-state index contributed by atoms with van der Waals surface area (Å²) >= 11 is 0. The molecule has 0 aromatic rings. The van der Waals surface area contributed by atoms with Gasteiger partial charge in [0.05, 0.1) is 5.71 Å². The van der Waals surface area contributed by atoms with Crippen molar-refractivity contribution in [2.24, 2.45) is 11.1 Å². The van der Waals surface area contributed by atoms with Gasteiger partial charge in [0.1, 0.15) is 0 Å². The van der Waals surface area contributed by atoms with E-state index < -0.39 is 0 Å². The van der Waals surface area contributed by atoms with E-state index in [9.17, 15) is 0 Å². The fraction of sp³-hybridized carbons (Fsp3) is 0.917. The van der Waals surface area contributed by atoms with Crippen LogP contribution >= 0.6 is 0 Å². The minimum atomic E-state index is 0.589. The maximum absolute atomic E-state index is 8.85. The Morgan fingerprint density at radius 3 is 2.86 bits per heavy atom. The molecule has 2 nitrogen and oxygen atoms in total. The lowest BCUT2D eigenvalue weighted by atomic mass is 9.84. The van der Waals surface area contributed by atoms with Crippen LogP contribution in [0.3, 0.4) is 0 Å². The molecule has 0 heterocycles. The third-order valence-corrected chi connectivity index (χ3v) is 3.24. The van der Waals surface area contributed by atoms with Crippen LogP contribution in [-0.2, 0) is 0 Å². The van der Waals surface area contributed by atoms with E-state index in [0.717, 1.165) is 12.1 Å². The third-order valence-electron chi connectivity index (χ3n) is 3.24. The van der Waals surface area contributed by atoms with Crippen LogP contribution in [-0.4, -0.2) is 10.9 Å². The number of nitrogens with zero attached hydrogens (tertiary/aromatic N) is 1. The molecule has 1 atom stereocenters. The Morgan fingerprint density at radius 1 is 1.29 bits per heavy atom. The van der Waals surface area contributed by atoms with E-state index in [1.54, 1.807) is 0 Å². The monoisotopic (exact) mass is 197 g/mol. The highest BCUT2D eigenvalue weighted by atomic mass is 16.4. The summed E-state index contributed by atoms with van der Waals surface area (Å²) in [4.78, 5) is 0. The maximum Gasteiger partial charge on any atom is 0.0601 e. The predicted molar refractivity (Wildman–Crippen MR) is 59.9 cm³/mol. The largest absolute Gasteiger partial charge is 0.411 e. The fourth-order valence-corrected chi connectivity index (χ4v) is 2.33. The third kappa shape index (κ3) is 3.69. The van der Waals surface area contributed by atoms with Crippen molar-refractivity contribution in [2.45, 2.75) is 64.7 Å². The van der Waals surface area contributed by atoms with E-state index in [1.165, 1.54) is 51.4 Å². The highest BCUT2D eigenvalue weighted by molar-refractivity contribution is 5.86. The molecule has 14 heavy (non-hydrogen) atoms. The first kappa shape index (κ1) is 11.5. The van der Waals surface area contributed by atoms with Gasteiger partial charge in [0.25, 0.3) is 0 Å². The van der Waals surface area contributed by atoms with Crippen molar-refractivity contribution in [2.75, 3.05) is 0 Å². The number of hydrogen-bond donors (Lipinski definition) is 1. The molecule has 82 valence electrons. The molecule has 1 N–H and O–H groups in total. The average Bonchev–Trinajstić information content (AvgIpc) is 2.25. The molecular formula is C12H23NO. The molecule has 1 unspecified atom stereocenters. The molecule has 0 radical (unpaired) electrons. The number of oxime groups is 1. The second-order valence-electron chi connectivity index (χ2n) is 4.38. The summed E-state index contributed by atoms with van der Waals surface area (Å²) in [6.45, 7) is 2.24. The van der Waals surface area contributed by atoms with Crippen molar-refractivity contribution in [3.63, 3.8) is 0 Å². The molecule has 0 aliphatic heterocycles. The minimum Gasteiger partial charge on any atom is -0.411 e. The van der Waals surface area contributed by atoms with Crippen LogP contribution in [0.1, 0.15) is 64.7 Å². The summed E-state index contributed by atoms with van der Waals surface area (Å²) in [5, 5.41) is 12.3. The van der Waals surface area contributed by atoms with Crippen LogP contribution in [0.4, 0.5) is 0 Å². The Kier molecular flexibility index (Phi) is 5.65. The van der Waals surface area contributed by atoms with Crippen molar-refractivity contribution in [3.05, 3.63) is 0 Å². The number of hydrogen-bond acceptors (Lipinski definition) is 2. The first-order valence-electron chi connectivity index (χ1n) is 6.09. The van der Waals surface area contributed by atoms with E-state index in [4.69, 9.17) is 5.21 Å². The molecule has 0 bridgehead atoms. The van der Waals surface area contributed by atoms with Gasteiger partial charge < -0.3 is 5.21 Å². The van der Waals surface area contributed by atoms with Gasteiger partial charge in [0, 0.05) is 5.92 Å². The summed E-state index contributed by atoms with van der Waals surface area (Å²) in [6.07, 6.45) is 11.3. The molecule has 0 amide bonds. The van der Waals surface area contributed by atoms with Crippen molar-refractivity contribution >= 4 is 5.71 Å². The molecule has 1 fully saturated rings. The van der Waals surface area contributed by atoms with Gasteiger partial charge in [-0.15, -0.1) is 0 Å². The molecule has 1 rings (SSSR count). The predicted octanol–water partition coefficient (Wildman–Crippen LogP) is 3.98. The van der Waals surface area contributed by atoms with Crippen LogP contribution in [0, 0.1) is 5.92 Å². The Bertz CT molecular complexity index is 177. The zero-order valence-corrected chi connectivity index (χ0v) is 9.34. The Morgan fingerprint density at radius 2 is 2.14 bits per heavy atom. The van der Waals surface area contributed by atoms with E-state index >= 15 is 0 Å². The quantitative estimate of drug-likeness (QED) is 0.403. The van der Waals surface area contributed by atoms with Crippen LogP contribution < -0.4 is 0 Å². The molecule has 0 spiro atoms. The van der Waals surface area contributed by atoms with E-state index in [0.29, 0.717) is 5.92 Å². The summed E-state index contributed by atoms with van der Waals surface area (Å²) in [5.41, 5.74) is 1.06. The van der Waals surface area contributed by atoms with E-state index in [1.807, 2.05) is 0 Å². The molecule has 1 aliphatic rings. The molecular weight excluding hydrogens is 174 g/mol. The number of rotatable bonds is 5. The van der Waals surface area contributed by atoms with Gasteiger partial charge in [0.15, 0.2) is 0 Å². The van der Waals surface area contributed by atoms with E-state index in [-0.39, 0.29) is 0 Å². The maximum atomic E-state index is 8.85. The van der Waals surface area contributed by atoms with Crippen molar-refractivity contribution in [1.82, 2.24) is 0 Å². The highest BCUT2D eigenvalue weighted by Gasteiger charge is 2.20. The molecule has 0 aromatic carbocycles. The van der Waals surface area contributed by atoms with Gasteiger partial charge >= 0.3 is 0 Å². The van der Waals surface area contributed by atoms with Crippen molar-refractivity contribution in [3.8, 4) is 0 Å². The minimum absolute atomic E-state index is 0.589. The summed E-state index contributed by atoms with van der Waals surface area (Å²) in [7, 11) is 0. The first-order valence-corrected chi connectivity index (χ1v) is 6.09. The zero-order valence-electron chi connectivity index (χ0n) is 9.34. The zero-order chi connectivity index (χ0) is 10.2. The van der Waals surface area contributed by atoms with E-state index in [2.05, 4.69) is 12.1 Å². The van der Waals surface area contributed by atoms with Gasteiger partial charge in [-0.1, -0.05) is 44.2 Å². The molecule has 0 aromatic heterocycles. The van der Waals surface area contributed by atoms with Crippen molar-refractivity contribution in [1.29, 1.82) is 0 Å². The second-order valence-corrected chi connectivity index (χ2v) is 4.38. The SMILES string of the molecule is CCCCCCC1CCCC/C1=N/O. The summed E-state index contributed by atoms with van der Waals surface area (Å²) in [5.74, 6) is 0.589. The Labute approximate surface area is 87.4 Å². The highest BCUT2D eigenvalue weighted by Crippen LogP contribution is 2.26. The lowest BCUT2D eigenvalue weighted by Crippen LogP contribution is -2.19. The Hall–Kier alpha value is -0.530. The molecule has 1 aliphatic carbocycles. The molecule has 2 heteroatoms. The van der Waals surface area contributed by atoms with Gasteiger partial charge in [-0.2, -0.15) is 0 Å². The van der Waals surface area contributed by atoms with Crippen molar-refractivity contribution < 1.29 is 5.21 Å². The average molecular weight is 197 g/mol.